The van der Waals surface area contributed by atoms with Crippen LogP contribution in [0, 0.1) is 0 Å². The van der Waals surface area contributed by atoms with Gasteiger partial charge in [0.25, 0.3) is 0 Å². The fourth-order valence-electron chi connectivity index (χ4n) is 1.90. The number of ether oxygens (including phenoxy) is 2. The van der Waals surface area contributed by atoms with Gasteiger partial charge in [-0.05, 0) is 26.3 Å². The minimum Gasteiger partial charge on any atom is -0.468 e. The smallest absolute Gasteiger partial charge is 0.407 e. The highest BCUT2D eigenvalue weighted by Gasteiger charge is 2.23. The molecule has 1 N–H and O–H groups in total. The number of carbonyl (C=O) groups excluding carboxylic acids is 2. The first-order valence-corrected chi connectivity index (χ1v) is 5.88. The van der Waals surface area contributed by atoms with Crippen LogP contribution in [0.15, 0.2) is 0 Å². The van der Waals surface area contributed by atoms with Gasteiger partial charge in [0, 0.05) is 12.6 Å². The molecule has 1 saturated heterocycles. The molecule has 1 amide bonds. The minimum absolute atomic E-state index is 0.0486. The lowest BCUT2D eigenvalue weighted by Gasteiger charge is -2.31. The van der Waals surface area contributed by atoms with E-state index in [0.717, 1.165) is 19.4 Å². The molecule has 98 valence electrons. The summed E-state index contributed by atoms with van der Waals surface area (Å²) in [5.74, 6) is -0.248. The van der Waals surface area contributed by atoms with Gasteiger partial charge in [-0.25, -0.2) is 4.79 Å². The summed E-state index contributed by atoms with van der Waals surface area (Å²) in [6.45, 7) is 3.93. The van der Waals surface area contributed by atoms with Gasteiger partial charge in [0.05, 0.1) is 20.3 Å². The summed E-state index contributed by atoms with van der Waals surface area (Å²) in [6, 6.07) is 0.0486. The van der Waals surface area contributed by atoms with Crippen LogP contribution >= 0.6 is 0 Å². The highest BCUT2D eigenvalue weighted by Crippen LogP contribution is 2.10. The predicted molar refractivity (Wildman–Crippen MR) is 61.6 cm³/mol. The number of nitrogens with zero attached hydrogens (tertiary/aromatic N) is 1. The van der Waals surface area contributed by atoms with E-state index in [4.69, 9.17) is 4.74 Å². The summed E-state index contributed by atoms with van der Waals surface area (Å²) in [5, 5.41) is 2.79. The largest absolute Gasteiger partial charge is 0.468 e. The second kappa shape index (κ2) is 7.11. The maximum absolute atomic E-state index is 11.3. The van der Waals surface area contributed by atoms with Crippen LogP contribution in [-0.2, 0) is 14.3 Å². The standard InChI is InChI=1S/C11H20N2O4/c1-3-17-11(15)12-9-5-4-6-13(7-9)8-10(14)16-2/h9H,3-8H2,1-2H3,(H,12,15)/t9-/m0/s1. The number of methoxy groups -OCH3 is 1. The third-order valence-electron chi connectivity index (χ3n) is 2.68. The van der Waals surface area contributed by atoms with E-state index in [2.05, 4.69) is 10.1 Å². The number of alkyl carbamates (subject to hydrolysis) is 1. The molecule has 0 aromatic rings. The average Bonchev–Trinajstić information content (AvgIpc) is 2.29. The molecular weight excluding hydrogens is 224 g/mol. The third kappa shape index (κ3) is 5.04. The van der Waals surface area contributed by atoms with Gasteiger partial charge < -0.3 is 14.8 Å². The Kier molecular flexibility index (Phi) is 5.76. The van der Waals surface area contributed by atoms with E-state index in [1.165, 1.54) is 7.11 Å². The lowest BCUT2D eigenvalue weighted by atomic mass is 10.1. The Hall–Kier alpha value is -1.30. The molecule has 1 rings (SSSR count). The zero-order chi connectivity index (χ0) is 12.7. The number of rotatable bonds is 4. The molecule has 0 aromatic heterocycles. The van der Waals surface area contributed by atoms with E-state index in [1.807, 2.05) is 4.90 Å². The first-order valence-electron chi connectivity index (χ1n) is 5.88. The van der Waals surface area contributed by atoms with Crippen molar-refractivity contribution in [2.24, 2.45) is 0 Å². The molecule has 0 spiro atoms. The number of esters is 1. The van der Waals surface area contributed by atoms with Crippen molar-refractivity contribution in [2.45, 2.75) is 25.8 Å². The third-order valence-corrected chi connectivity index (χ3v) is 2.68. The summed E-state index contributed by atoms with van der Waals surface area (Å²) < 4.78 is 9.44. The molecule has 1 atom stereocenters. The minimum atomic E-state index is -0.391. The van der Waals surface area contributed by atoms with Gasteiger partial charge >= 0.3 is 12.1 Å². The van der Waals surface area contributed by atoms with Gasteiger partial charge in [0.2, 0.25) is 0 Å². The number of piperidine rings is 1. The van der Waals surface area contributed by atoms with E-state index < -0.39 is 6.09 Å². The quantitative estimate of drug-likeness (QED) is 0.724. The van der Waals surface area contributed by atoms with Crippen LogP contribution in [0.5, 0.6) is 0 Å². The molecule has 17 heavy (non-hydrogen) atoms. The first kappa shape index (κ1) is 13.8. The van der Waals surface area contributed by atoms with Gasteiger partial charge in [-0.3, -0.25) is 9.69 Å². The van der Waals surface area contributed by atoms with Crippen molar-refractivity contribution in [3.63, 3.8) is 0 Å². The van der Waals surface area contributed by atoms with Crippen molar-refractivity contribution in [1.82, 2.24) is 10.2 Å². The van der Waals surface area contributed by atoms with Gasteiger partial charge in [0.15, 0.2) is 0 Å². The van der Waals surface area contributed by atoms with Crippen LogP contribution in [0.25, 0.3) is 0 Å². The van der Waals surface area contributed by atoms with Crippen LogP contribution in [0.1, 0.15) is 19.8 Å². The van der Waals surface area contributed by atoms with Crippen molar-refractivity contribution in [3.05, 3.63) is 0 Å². The van der Waals surface area contributed by atoms with Crippen molar-refractivity contribution >= 4 is 12.1 Å². The van der Waals surface area contributed by atoms with Gasteiger partial charge in [-0.2, -0.15) is 0 Å². The number of nitrogens with one attached hydrogen (secondary N) is 1. The summed E-state index contributed by atoms with van der Waals surface area (Å²) in [5.41, 5.74) is 0. The van der Waals surface area contributed by atoms with Crippen LogP contribution in [-0.4, -0.2) is 56.4 Å². The molecule has 1 fully saturated rings. The maximum atomic E-state index is 11.3. The molecular formula is C11H20N2O4. The summed E-state index contributed by atoms with van der Waals surface area (Å²) in [6.07, 6.45) is 1.47. The Balaban J connectivity index is 2.33. The molecule has 6 heteroatoms. The topological polar surface area (TPSA) is 67.9 Å². The molecule has 1 aliphatic rings. The zero-order valence-corrected chi connectivity index (χ0v) is 10.4. The molecule has 0 radical (unpaired) electrons. The second-order valence-corrected chi connectivity index (χ2v) is 4.02. The molecule has 1 aliphatic heterocycles. The van der Waals surface area contributed by atoms with Gasteiger partial charge in [-0.1, -0.05) is 0 Å². The summed E-state index contributed by atoms with van der Waals surface area (Å²) in [7, 11) is 1.38. The molecule has 0 unspecified atom stereocenters. The predicted octanol–water partition coefficient (Wildman–Crippen LogP) is 0.370. The van der Waals surface area contributed by atoms with E-state index in [0.29, 0.717) is 13.2 Å². The monoisotopic (exact) mass is 244 g/mol. The fourth-order valence-corrected chi connectivity index (χ4v) is 1.90. The fraction of sp³-hybridized carbons (Fsp3) is 0.818. The normalized spacial score (nSPS) is 20.7. The van der Waals surface area contributed by atoms with E-state index in [-0.39, 0.29) is 18.6 Å². The average molecular weight is 244 g/mol. The van der Waals surface area contributed by atoms with Crippen LogP contribution in [0.2, 0.25) is 0 Å². The first-order chi connectivity index (χ1) is 8.15. The molecule has 6 nitrogen and oxygen atoms in total. The van der Waals surface area contributed by atoms with E-state index in [9.17, 15) is 9.59 Å². The van der Waals surface area contributed by atoms with Crippen LogP contribution in [0.4, 0.5) is 4.79 Å². The number of hydrogen-bond donors (Lipinski definition) is 1. The molecule has 0 aliphatic carbocycles. The number of carbonyl (C=O) groups is 2. The highest BCUT2D eigenvalue weighted by atomic mass is 16.5. The molecule has 0 bridgehead atoms. The lowest BCUT2D eigenvalue weighted by molar-refractivity contribution is -0.142. The van der Waals surface area contributed by atoms with Crippen molar-refractivity contribution in [3.8, 4) is 0 Å². The van der Waals surface area contributed by atoms with Crippen molar-refractivity contribution in [1.29, 1.82) is 0 Å². The second-order valence-electron chi connectivity index (χ2n) is 4.02. The maximum Gasteiger partial charge on any atom is 0.407 e. The Bertz CT molecular complexity index is 270. The van der Waals surface area contributed by atoms with Gasteiger partial charge in [-0.15, -0.1) is 0 Å². The van der Waals surface area contributed by atoms with E-state index in [1.54, 1.807) is 6.92 Å². The Labute approximate surface area is 101 Å². The lowest BCUT2D eigenvalue weighted by Crippen LogP contribution is -2.49. The van der Waals surface area contributed by atoms with Gasteiger partial charge in [0.1, 0.15) is 0 Å². The summed E-state index contributed by atoms with van der Waals surface area (Å²) in [4.78, 5) is 24.4. The molecule has 1 heterocycles. The van der Waals surface area contributed by atoms with Crippen molar-refractivity contribution in [2.75, 3.05) is 33.4 Å². The molecule has 0 saturated carbocycles. The Morgan fingerprint density at radius 2 is 2.24 bits per heavy atom. The highest BCUT2D eigenvalue weighted by molar-refractivity contribution is 5.71. The number of hydrogen-bond acceptors (Lipinski definition) is 5. The van der Waals surface area contributed by atoms with Crippen LogP contribution in [0.3, 0.4) is 0 Å². The number of likely N-dealkylation sites (tertiary alicyclic amines) is 1. The van der Waals surface area contributed by atoms with Crippen LogP contribution < -0.4 is 5.32 Å². The summed E-state index contributed by atoms with van der Waals surface area (Å²) >= 11 is 0. The Morgan fingerprint density at radius 3 is 2.88 bits per heavy atom. The SMILES string of the molecule is CCOC(=O)N[C@H]1CCCN(CC(=O)OC)C1. The molecule has 0 aromatic carbocycles. The Morgan fingerprint density at radius 1 is 1.47 bits per heavy atom. The number of amides is 1. The van der Waals surface area contributed by atoms with E-state index >= 15 is 0 Å². The van der Waals surface area contributed by atoms with Crippen molar-refractivity contribution < 1.29 is 19.1 Å². The zero-order valence-electron chi connectivity index (χ0n) is 10.4.